The van der Waals surface area contributed by atoms with Crippen LogP contribution in [0.25, 0.3) is 21.5 Å². The van der Waals surface area contributed by atoms with Gasteiger partial charge in [0, 0.05) is 6.54 Å². The number of benzene rings is 3. The van der Waals surface area contributed by atoms with Crippen molar-refractivity contribution in [3.63, 3.8) is 0 Å². The van der Waals surface area contributed by atoms with E-state index in [0.717, 1.165) is 48.4 Å². The molecular weight excluding hydrogens is 408 g/mol. The van der Waals surface area contributed by atoms with E-state index in [1.807, 2.05) is 24.3 Å². The number of nitrogens with one attached hydrogen (secondary N) is 2. The van der Waals surface area contributed by atoms with Gasteiger partial charge in [-0.1, -0.05) is 79.9 Å². The number of aliphatic hydroxyl groups excluding tert-OH is 2. The molecule has 7 heteroatoms. The summed E-state index contributed by atoms with van der Waals surface area (Å²) in [7, 11) is 0. The van der Waals surface area contributed by atoms with Gasteiger partial charge in [-0.2, -0.15) is 10.4 Å². The minimum atomic E-state index is -1.35. The Balaban J connectivity index is 1.31. The second-order valence-electron chi connectivity index (χ2n) is 8.22. The summed E-state index contributed by atoms with van der Waals surface area (Å²) in [6, 6.07) is 18.8. The van der Waals surface area contributed by atoms with E-state index in [4.69, 9.17) is 20.0 Å². The molecule has 0 radical (unpaired) electrons. The van der Waals surface area contributed by atoms with Crippen LogP contribution < -0.4 is 11.1 Å². The number of aliphatic hydroxyl groups is 3. The monoisotopic (exact) mass is 442 g/mol. The summed E-state index contributed by atoms with van der Waals surface area (Å²) in [4.78, 5) is 10.7. The van der Waals surface area contributed by atoms with Crippen LogP contribution in [0.2, 0.25) is 0 Å². The summed E-state index contributed by atoms with van der Waals surface area (Å²) in [6.07, 6.45) is 5.13. The molecule has 3 rings (SSSR count). The first-order valence-electron chi connectivity index (χ1n) is 11.3. The van der Waals surface area contributed by atoms with E-state index >= 15 is 0 Å². The Morgan fingerprint density at radius 2 is 1.38 bits per heavy atom. The minimum Gasteiger partial charge on any atom is -0.393 e. The Kier molecular flexibility index (Phi) is 9.83. The van der Waals surface area contributed by atoms with Crippen LogP contribution in [0.15, 0.2) is 54.6 Å². The van der Waals surface area contributed by atoms with Crippen LogP contribution in [-0.2, 0) is 16.4 Å². The molecule has 0 saturated heterocycles. The summed E-state index contributed by atoms with van der Waals surface area (Å²) in [5.74, 6) is 0. The molecule has 174 valence electrons. The fourth-order valence-corrected chi connectivity index (χ4v) is 3.86. The van der Waals surface area contributed by atoms with Gasteiger partial charge in [0.2, 0.25) is 0 Å². The highest BCUT2D eigenvalue weighted by molar-refractivity contribution is 6.02. The van der Waals surface area contributed by atoms with Gasteiger partial charge in [0.25, 0.3) is 0 Å². The van der Waals surface area contributed by atoms with Crippen molar-refractivity contribution in [2.75, 3.05) is 19.8 Å². The lowest BCUT2D eigenvalue weighted by Gasteiger charge is -2.22. The Hall–Kier alpha value is -2.10. The molecule has 7 nitrogen and oxygen atoms in total. The smallest absolute Gasteiger partial charge is 0.111 e. The minimum absolute atomic E-state index is 0.373. The van der Waals surface area contributed by atoms with E-state index in [0.29, 0.717) is 19.6 Å². The van der Waals surface area contributed by atoms with E-state index in [9.17, 15) is 5.11 Å². The van der Waals surface area contributed by atoms with Crippen LogP contribution in [0.3, 0.4) is 0 Å². The van der Waals surface area contributed by atoms with Gasteiger partial charge >= 0.3 is 0 Å². The van der Waals surface area contributed by atoms with E-state index in [2.05, 4.69) is 41.5 Å². The van der Waals surface area contributed by atoms with Gasteiger partial charge in [-0.3, -0.25) is 4.84 Å². The molecule has 0 bridgehead atoms. The summed E-state index contributed by atoms with van der Waals surface area (Å²) >= 11 is 0. The van der Waals surface area contributed by atoms with Crippen molar-refractivity contribution >= 4 is 21.5 Å². The maximum atomic E-state index is 9.80. The highest BCUT2D eigenvalue weighted by Gasteiger charge is 2.23. The molecule has 0 spiro atoms. The molecule has 5 N–H and O–H groups in total. The van der Waals surface area contributed by atoms with Gasteiger partial charge in [0.05, 0.1) is 19.8 Å². The lowest BCUT2D eigenvalue weighted by Crippen LogP contribution is -2.37. The largest absolute Gasteiger partial charge is 0.393 e. The maximum absolute atomic E-state index is 9.80. The number of hydrogen-bond donors (Lipinski definition) is 5. The lowest BCUT2D eigenvalue weighted by atomic mass is 9.97. The molecule has 3 aromatic rings. The predicted molar refractivity (Wildman–Crippen MR) is 125 cm³/mol. The normalized spacial score (nSPS) is 12.1. The number of rotatable bonds is 15. The van der Waals surface area contributed by atoms with E-state index in [1.165, 1.54) is 10.8 Å². The Morgan fingerprint density at radius 1 is 0.781 bits per heavy atom. The summed E-state index contributed by atoms with van der Waals surface area (Å²) in [5.41, 5.74) is 5.12. The highest BCUT2D eigenvalue weighted by atomic mass is 17.0. The third-order valence-corrected chi connectivity index (χ3v) is 5.78. The van der Waals surface area contributed by atoms with Crippen molar-refractivity contribution in [2.45, 2.75) is 50.7 Å². The van der Waals surface area contributed by atoms with Gasteiger partial charge in [0.1, 0.15) is 5.60 Å². The molecule has 0 atom stereocenters. The summed E-state index contributed by atoms with van der Waals surface area (Å²) < 4.78 is 0. The Labute approximate surface area is 188 Å². The zero-order valence-corrected chi connectivity index (χ0v) is 18.4. The summed E-state index contributed by atoms with van der Waals surface area (Å²) in [6.45, 7) is 0.245. The molecule has 0 fully saturated rings. The van der Waals surface area contributed by atoms with Crippen LogP contribution in [0.5, 0.6) is 0 Å². The topological polar surface area (TPSA) is 103 Å². The SMILES string of the molecule is OCC(O)(CO)CCCCCCCNONOCc1c2ccccc2cc2ccccc12. The predicted octanol–water partition coefficient (Wildman–Crippen LogP) is 3.51. The van der Waals surface area contributed by atoms with Gasteiger partial charge in [-0.05, 0) is 46.0 Å². The first-order chi connectivity index (χ1) is 15.7. The van der Waals surface area contributed by atoms with Crippen molar-refractivity contribution in [3.8, 4) is 0 Å². The highest BCUT2D eigenvalue weighted by Crippen LogP contribution is 2.28. The van der Waals surface area contributed by atoms with Gasteiger partial charge < -0.3 is 15.3 Å². The zero-order chi connectivity index (χ0) is 22.7. The third-order valence-electron chi connectivity index (χ3n) is 5.78. The fourth-order valence-electron chi connectivity index (χ4n) is 3.86. The van der Waals surface area contributed by atoms with Gasteiger partial charge in [-0.15, -0.1) is 0 Å². The van der Waals surface area contributed by atoms with Crippen molar-refractivity contribution in [1.82, 2.24) is 11.1 Å². The molecule has 0 amide bonds. The third kappa shape index (κ3) is 6.95. The molecule has 0 aliphatic rings. The van der Waals surface area contributed by atoms with Crippen LogP contribution in [0.4, 0.5) is 0 Å². The standard InChI is InChI=1S/C25H34N2O5/c28-18-25(30,19-29)14-8-2-1-3-9-15-26-32-27-31-17-24-22-12-6-4-10-20(22)16-21-11-5-7-13-23(21)24/h4-7,10-13,16,26-30H,1-3,8-9,14-15,17-19H2. The molecule has 0 unspecified atom stereocenters. The van der Waals surface area contributed by atoms with Gasteiger partial charge in [-0.25, -0.2) is 0 Å². The molecule has 0 saturated carbocycles. The Morgan fingerprint density at radius 3 is 2.03 bits per heavy atom. The second-order valence-corrected chi connectivity index (χ2v) is 8.22. The number of fused-ring (bicyclic) bond motifs is 2. The summed E-state index contributed by atoms with van der Waals surface area (Å²) in [5, 5.41) is 32.6. The molecule has 32 heavy (non-hydrogen) atoms. The molecule has 3 aromatic carbocycles. The molecular formula is C25H34N2O5. The average Bonchev–Trinajstić information content (AvgIpc) is 2.83. The van der Waals surface area contributed by atoms with Crippen molar-refractivity contribution in [3.05, 3.63) is 60.2 Å². The molecule has 0 aromatic heterocycles. The average molecular weight is 443 g/mol. The van der Waals surface area contributed by atoms with E-state index in [-0.39, 0.29) is 0 Å². The Bertz CT molecular complexity index is 907. The quantitative estimate of drug-likeness (QED) is 0.139. The fraction of sp³-hybridized carbons (Fsp3) is 0.440. The number of hydrogen-bond acceptors (Lipinski definition) is 7. The maximum Gasteiger partial charge on any atom is 0.111 e. The van der Waals surface area contributed by atoms with Crippen molar-refractivity contribution in [1.29, 1.82) is 0 Å². The molecule has 0 aliphatic heterocycles. The molecule has 0 heterocycles. The van der Waals surface area contributed by atoms with Crippen LogP contribution in [-0.4, -0.2) is 40.7 Å². The van der Waals surface area contributed by atoms with Crippen molar-refractivity contribution in [2.24, 2.45) is 0 Å². The van der Waals surface area contributed by atoms with Crippen LogP contribution in [0.1, 0.15) is 44.1 Å². The number of hydroxylamine groups is 1. The van der Waals surface area contributed by atoms with Crippen LogP contribution in [0, 0.1) is 0 Å². The first kappa shape index (κ1) is 24.5. The van der Waals surface area contributed by atoms with Crippen LogP contribution >= 0.6 is 0 Å². The van der Waals surface area contributed by atoms with Gasteiger partial charge in [0.15, 0.2) is 0 Å². The second kappa shape index (κ2) is 12.8. The zero-order valence-electron chi connectivity index (χ0n) is 18.4. The lowest BCUT2D eigenvalue weighted by molar-refractivity contribution is -0.213. The van der Waals surface area contributed by atoms with E-state index in [1.54, 1.807) is 0 Å². The number of unbranched alkanes of at least 4 members (excludes halogenated alkanes) is 4. The van der Waals surface area contributed by atoms with Crippen molar-refractivity contribution < 1.29 is 25.1 Å². The first-order valence-corrected chi connectivity index (χ1v) is 11.3. The van der Waals surface area contributed by atoms with E-state index < -0.39 is 18.8 Å². The molecule has 0 aliphatic carbocycles.